The minimum absolute atomic E-state index is 0.00472. The second-order valence-corrected chi connectivity index (χ2v) is 7.16. The van der Waals surface area contributed by atoms with Crippen molar-refractivity contribution in [2.45, 2.75) is 43.7 Å². The first-order valence-electron chi connectivity index (χ1n) is 6.55. The maximum absolute atomic E-state index is 11.7. The molecule has 0 aromatic heterocycles. The number of carbonyl (C=O) groups excluding carboxylic acids is 1. The molecule has 1 rings (SSSR count). The summed E-state index contributed by atoms with van der Waals surface area (Å²) in [6, 6.07) is 6.37. The lowest BCUT2D eigenvalue weighted by atomic mass is 10.1. The Labute approximate surface area is 120 Å². The Balaban J connectivity index is 2.64. The first-order valence-corrected chi connectivity index (χ1v) is 8.44. The summed E-state index contributed by atoms with van der Waals surface area (Å²) < 4.78 is 22.7. The SMILES string of the molecule is CC(N)CCC(=O)NC(C)c1ccc(S(C)(=O)=O)cc1. The predicted octanol–water partition coefficient (Wildman–Crippen LogP) is 1.39. The van der Waals surface area contributed by atoms with Crippen LogP contribution in [0.25, 0.3) is 0 Å². The van der Waals surface area contributed by atoms with Crippen LogP contribution in [0, 0.1) is 0 Å². The summed E-state index contributed by atoms with van der Waals surface area (Å²) in [7, 11) is -3.19. The molecule has 5 nitrogen and oxygen atoms in total. The third kappa shape index (κ3) is 5.30. The highest BCUT2D eigenvalue weighted by atomic mass is 32.2. The molecule has 0 saturated carbocycles. The molecule has 0 aliphatic carbocycles. The van der Waals surface area contributed by atoms with E-state index in [1.807, 2.05) is 13.8 Å². The monoisotopic (exact) mass is 298 g/mol. The van der Waals surface area contributed by atoms with Crippen molar-refractivity contribution in [2.75, 3.05) is 6.26 Å². The van der Waals surface area contributed by atoms with Gasteiger partial charge in [-0.3, -0.25) is 4.79 Å². The van der Waals surface area contributed by atoms with Gasteiger partial charge < -0.3 is 11.1 Å². The van der Waals surface area contributed by atoms with E-state index in [0.717, 1.165) is 5.56 Å². The molecule has 112 valence electrons. The molecule has 0 aliphatic heterocycles. The average Bonchev–Trinajstić information content (AvgIpc) is 2.35. The zero-order valence-corrected chi connectivity index (χ0v) is 12.9. The van der Waals surface area contributed by atoms with Crippen LogP contribution in [0.2, 0.25) is 0 Å². The van der Waals surface area contributed by atoms with E-state index in [-0.39, 0.29) is 22.9 Å². The molecule has 2 atom stereocenters. The zero-order chi connectivity index (χ0) is 15.3. The van der Waals surface area contributed by atoms with Gasteiger partial charge in [-0.1, -0.05) is 12.1 Å². The molecular weight excluding hydrogens is 276 g/mol. The fourth-order valence-corrected chi connectivity index (χ4v) is 2.39. The fourth-order valence-electron chi connectivity index (χ4n) is 1.76. The quantitative estimate of drug-likeness (QED) is 0.830. The van der Waals surface area contributed by atoms with E-state index < -0.39 is 9.84 Å². The third-order valence-electron chi connectivity index (χ3n) is 3.01. The second kappa shape index (κ2) is 6.85. The molecule has 1 aromatic rings. The Hall–Kier alpha value is -1.40. The number of nitrogens with one attached hydrogen (secondary N) is 1. The van der Waals surface area contributed by atoms with Crippen molar-refractivity contribution in [3.05, 3.63) is 29.8 Å². The molecule has 3 N–H and O–H groups in total. The summed E-state index contributed by atoms with van der Waals surface area (Å²) in [4.78, 5) is 12.0. The minimum atomic E-state index is -3.19. The molecule has 1 amide bonds. The van der Waals surface area contributed by atoms with E-state index in [1.54, 1.807) is 24.3 Å². The number of sulfone groups is 1. The van der Waals surface area contributed by atoms with Gasteiger partial charge in [-0.15, -0.1) is 0 Å². The maximum atomic E-state index is 11.7. The van der Waals surface area contributed by atoms with E-state index in [2.05, 4.69) is 5.32 Å². The molecule has 0 saturated heterocycles. The summed E-state index contributed by atoms with van der Waals surface area (Å²) in [6.07, 6.45) is 2.20. The van der Waals surface area contributed by atoms with Gasteiger partial charge in [-0.05, 0) is 38.0 Å². The summed E-state index contributed by atoms with van der Waals surface area (Å²) in [5.41, 5.74) is 6.47. The smallest absolute Gasteiger partial charge is 0.220 e. The van der Waals surface area contributed by atoms with E-state index >= 15 is 0 Å². The fraction of sp³-hybridized carbons (Fsp3) is 0.500. The number of rotatable bonds is 6. The molecule has 0 bridgehead atoms. The number of nitrogens with two attached hydrogens (primary N) is 1. The summed E-state index contributed by atoms with van der Waals surface area (Å²) in [6.45, 7) is 3.72. The molecule has 0 radical (unpaired) electrons. The molecule has 1 aromatic carbocycles. The van der Waals surface area contributed by atoms with Crippen molar-refractivity contribution < 1.29 is 13.2 Å². The Bertz CT molecular complexity index is 550. The van der Waals surface area contributed by atoms with Crippen LogP contribution >= 0.6 is 0 Å². The summed E-state index contributed by atoms with van der Waals surface area (Å²) in [5.74, 6) is -0.0537. The summed E-state index contributed by atoms with van der Waals surface area (Å²) in [5, 5.41) is 2.87. The van der Waals surface area contributed by atoms with Crippen molar-refractivity contribution in [1.29, 1.82) is 0 Å². The van der Waals surface area contributed by atoms with Crippen molar-refractivity contribution in [3.8, 4) is 0 Å². The Morgan fingerprint density at radius 1 is 1.25 bits per heavy atom. The Kier molecular flexibility index (Phi) is 5.71. The largest absolute Gasteiger partial charge is 0.350 e. The van der Waals surface area contributed by atoms with E-state index in [1.165, 1.54) is 6.26 Å². The molecule has 0 fully saturated rings. The molecule has 0 aliphatic rings. The topological polar surface area (TPSA) is 89.3 Å². The van der Waals surface area contributed by atoms with E-state index in [9.17, 15) is 13.2 Å². The van der Waals surface area contributed by atoms with Crippen LogP contribution in [-0.2, 0) is 14.6 Å². The van der Waals surface area contributed by atoms with Gasteiger partial charge in [0.2, 0.25) is 5.91 Å². The van der Waals surface area contributed by atoms with Crippen LogP contribution in [0.4, 0.5) is 0 Å². The average molecular weight is 298 g/mol. The molecule has 2 unspecified atom stereocenters. The van der Waals surface area contributed by atoms with Gasteiger partial charge >= 0.3 is 0 Å². The van der Waals surface area contributed by atoms with Crippen LogP contribution in [0.1, 0.15) is 38.3 Å². The van der Waals surface area contributed by atoms with Crippen LogP contribution in [-0.4, -0.2) is 26.6 Å². The van der Waals surface area contributed by atoms with Gasteiger partial charge in [-0.25, -0.2) is 8.42 Å². The molecule has 0 heterocycles. The number of hydrogen-bond donors (Lipinski definition) is 2. The molecular formula is C14H22N2O3S. The lowest BCUT2D eigenvalue weighted by Gasteiger charge is -2.15. The van der Waals surface area contributed by atoms with Crippen LogP contribution < -0.4 is 11.1 Å². The highest BCUT2D eigenvalue weighted by molar-refractivity contribution is 7.90. The van der Waals surface area contributed by atoms with Crippen LogP contribution in [0.3, 0.4) is 0 Å². The summed E-state index contributed by atoms with van der Waals surface area (Å²) >= 11 is 0. The lowest BCUT2D eigenvalue weighted by Crippen LogP contribution is -2.28. The van der Waals surface area contributed by atoms with Crippen LogP contribution in [0.15, 0.2) is 29.2 Å². The second-order valence-electron chi connectivity index (χ2n) is 5.15. The normalized spacial score (nSPS) is 14.6. The highest BCUT2D eigenvalue weighted by Crippen LogP contribution is 2.16. The number of carbonyl (C=O) groups is 1. The van der Waals surface area contributed by atoms with E-state index in [0.29, 0.717) is 12.8 Å². The Morgan fingerprint density at radius 2 is 1.80 bits per heavy atom. The first kappa shape index (κ1) is 16.7. The third-order valence-corrected chi connectivity index (χ3v) is 4.14. The van der Waals surface area contributed by atoms with E-state index in [4.69, 9.17) is 5.73 Å². The minimum Gasteiger partial charge on any atom is -0.350 e. The van der Waals surface area contributed by atoms with Gasteiger partial charge in [-0.2, -0.15) is 0 Å². The lowest BCUT2D eigenvalue weighted by molar-refractivity contribution is -0.121. The Morgan fingerprint density at radius 3 is 2.25 bits per heavy atom. The molecule has 0 spiro atoms. The predicted molar refractivity (Wildman–Crippen MR) is 79.0 cm³/mol. The van der Waals surface area contributed by atoms with Gasteiger partial charge in [0.25, 0.3) is 0 Å². The molecule has 20 heavy (non-hydrogen) atoms. The van der Waals surface area contributed by atoms with Crippen molar-refractivity contribution in [2.24, 2.45) is 5.73 Å². The number of hydrogen-bond acceptors (Lipinski definition) is 4. The number of benzene rings is 1. The van der Waals surface area contributed by atoms with Crippen LogP contribution in [0.5, 0.6) is 0 Å². The van der Waals surface area contributed by atoms with Gasteiger partial charge in [0.1, 0.15) is 0 Å². The maximum Gasteiger partial charge on any atom is 0.220 e. The zero-order valence-electron chi connectivity index (χ0n) is 12.1. The first-order chi connectivity index (χ1) is 9.20. The van der Waals surface area contributed by atoms with Crippen molar-refractivity contribution >= 4 is 15.7 Å². The van der Waals surface area contributed by atoms with Crippen molar-refractivity contribution in [1.82, 2.24) is 5.32 Å². The molecule has 6 heteroatoms. The van der Waals surface area contributed by atoms with Gasteiger partial charge in [0, 0.05) is 18.7 Å². The van der Waals surface area contributed by atoms with Crippen molar-refractivity contribution in [3.63, 3.8) is 0 Å². The van der Waals surface area contributed by atoms with Gasteiger partial charge in [0.15, 0.2) is 9.84 Å². The van der Waals surface area contributed by atoms with Gasteiger partial charge in [0.05, 0.1) is 10.9 Å². The standard InChI is InChI=1S/C14H22N2O3S/c1-10(15)4-9-14(17)16-11(2)12-5-7-13(8-6-12)20(3,18)19/h5-8,10-11H,4,9,15H2,1-3H3,(H,16,17). The number of amides is 1. The highest BCUT2D eigenvalue weighted by Gasteiger charge is 2.12.